The van der Waals surface area contributed by atoms with Gasteiger partial charge in [0.05, 0.1) is 22.5 Å². The van der Waals surface area contributed by atoms with Gasteiger partial charge in [-0.1, -0.05) is 50.2 Å². The summed E-state index contributed by atoms with van der Waals surface area (Å²) in [6, 6.07) is 8.40. The molecule has 8 bridgehead atoms. The molecule has 2 aliphatic heterocycles. The van der Waals surface area contributed by atoms with Crippen molar-refractivity contribution in [3.8, 4) is 22.3 Å². The zero-order chi connectivity index (χ0) is 34.4. The summed E-state index contributed by atoms with van der Waals surface area (Å²) < 4.78 is 147. The van der Waals surface area contributed by atoms with Gasteiger partial charge < -0.3 is 9.97 Å². The third-order valence-corrected chi connectivity index (χ3v) is 8.09. The van der Waals surface area contributed by atoms with Gasteiger partial charge >= 0.3 is 19.5 Å². The Morgan fingerprint density at radius 3 is 1.33 bits per heavy atom. The third-order valence-electron chi connectivity index (χ3n) is 8.09. The van der Waals surface area contributed by atoms with Crippen LogP contribution in [-0.2, 0) is 31.3 Å². The maximum Gasteiger partial charge on any atom is 2.00 e. The molecule has 0 saturated heterocycles. The van der Waals surface area contributed by atoms with Crippen molar-refractivity contribution in [2.45, 2.75) is 25.7 Å². The van der Waals surface area contributed by atoms with Crippen LogP contribution >= 0.6 is 0 Å². The van der Waals surface area contributed by atoms with E-state index in [0.717, 1.165) is 12.2 Å². The topological polar surface area (TPSA) is 54.0 Å². The molecule has 0 unspecified atom stereocenters. The van der Waals surface area contributed by atoms with Crippen LogP contribution in [0.15, 0.2) is 36.4 Å². The van der Waals surface area contributed by atoms with Gasteiger partial charge in [-0.2, -0.15) is 0 Å². The maximum absolute atomic E-state index is 15.3. The number of rotatable bonds is 2. The van der Waals surface area contributed by atoms with Crippen molar-refractivity contribution < 1.29 is 63.4 Å². The number of aromatic nitrogens is 4. The molecule has 5 aromatic rings. The van der Waals surface area contributed by atoms with Crippen LogP contribution in [0.1, 0.15) is 36.6 Å². The predicted octanol–water partition coefficient (Wildman–Crippen LogP) is 8.99. The molecule has 7 rings (SSSR count). The van der Waals surface area contributed by atoms with Gasteiger partial charge in [-0.05, 0) is 23.3 Å². The van der Waals surface area contributed by atoms with Crippen molar-refractivity contribution in [3.63, 3.8) is 0 Å². The molecule has 2 aromatic carbocycles. The summed E-state index contributed by atoms with van der Waals surface area (Å²) in [7, 11) is 0. The fraction of sp³-hybridized carbons (Fsp3) is 0.118. The minimum absolute atomic E-state index is 0. The molecule has 0 saturated carbocycles. The van der Waals surface area contributed by atoms with Crippen molar-refractivity contribution in [3.05, 3.63) is 117 Å². The van der Waals surface area contributed by atoms with E-state index in [1.165, 1.54) is 24.3 Å². The average molecular weight is 736 g/mol. The standard InChI is InChI=1S/C34H16F10N4.Zn/c1-34(2)11-14-9-12-3-5-15(45-12)20(22-24(35)28(39)32(43)29(40)25(22)36)17-7-8-18(48-17)21(16-6-4-13(46-16)10-19(34)47-14)23-26(37)30(41)33(44)31(42)27(23)38;/h3-10H,11H2,1-2H3;/q-2;+2. The average Bonchev–Trinajstić information content (AvgIpc) is 3.86. The first-order chi connectivity index (χ1) is 22.7. The Morgan fingerprint density at radius 2 is 0.898 bits per heavy atom. The quantitative estimate of drug-likeness (QED) is 0.0772. The Hall–Kier alpha value is -4.78. The second-order valence-electron chi connectivity index (χ2n) is 11.7. The van der Waals surface area contributed by atoms with Gasteiger partial charge in [-0.3, -0.25) is 4.98 Å². The smallest absolute Gasteiger partial charge is 0.657 e. The van der Waals surface area contributed by atoms with E-state index in [4.69, 9.17) is 0 Å². The summed E-state index contributed by atoms with van der Waals surface area (Å²) in [5.41, 5.74) is -5.12. The van der Waals surface area contributed by atoms with Crippen molar-refractivity contribution in [2.75, 3.05) is 0 Å². The first-order valence-corrected chi connectivity index (χ1v) is 14.0. The molecule has 0 atom stereocenters. The number of halogens is 10. The van der Waals surface area contributed by atoms with Crippen LogP contribution in [0.3, 0.4) is 0 Å². The number of nitrogens with zero attached hydrogens (tertiary/aromatic N) is 4. The van der Waals surface area contributed by atoms with Crippen LogP contribution in [0.25, 0.3) is 56.5 Å². The van der Waals surface area contributed by atoms with Crippen LogP contribution in [0, 0.1) is 58.2 Å². The van der Waals surface area contributed by atoms with E-state index in [1.807, 2.05) is 13.8 Å². The summed E-state index contributed by atoms with van der Waals surface area (Å²) >= 11 is 0. The van der Waals surface area contributed by atoms with E-state index in [9.17, 15) is 26.3 Å². The van der Waals surface area contributed by atoms with Crippen LogP contribution in [-0.4, -0.2) is 9.97 Å². The first-order valence-electron chi connectivity index (χ1n) is 14.0. The molecule has 15 heteroatoms. The van der Waals surface area contributed by atoms with Gasteiger partial charge in [0, 0.05) is 23.2 Å². The van der Waals surface area contributed by atoms with Crippen LogP contribution in [0.5, 0.6) is 0 Å². The molecule has 0 fully saturated rings. The van der Waals surface area contributed by atoms with E-state index >= 15 is 17.6 Å². The Labute approximate surface area is 282 Å². The zero-order valence-corrected chi connectivity index (χ0v) is 28.1. The van der Waals surface area contributed by atoms with Gasteiger partial charge in [0.25, 0.3) is 0 Å². The van der Waals surface area contributed by atoms with E-state index in [0.29, 0.717) is 17.8 Å². The third kappa shape index (κ3) is 5.35. The largest absolute Gasteiger partial charge is 2.00 e. The molecule has 244 valence electrons. The van der Waals surface area contributed by atoms with E-state index in [2.05, 4.69) is 19.9 Å². The van der Waals surface area contributed by atoms with Crippen LogP contribution in [0.2, 0.25) is 0 Å². The Balaban J connectivity index is 0.00000417. The zero-order valence-electron chi connectivity index (χ0n) is 25.1. The van der Waals surface area contributed by atoms with Crippen LogP contribution < -0.4 is 9.97 Å². The van der Waals surface area contributed by atoms with Crippen molar-refractivity contribution >= 4 is 34.2 Å². The molecule has 49 heavy (non-hydrogen) atoms. The van der Waals surface area contributed by atoms with Crippen molar-refractivity contribution in [1.29, 1.82) is 0 Å². The minimum atomic E-state index is -2.42. The van der Waals surface area contributed by atoms with E-state index in [1.54, 1.807) is 12.1 Å². The molecular formula is C34H16F10N4Zn. The van der Waals surface area contributed by atoms with Gasteiger partial charge in [-0.15, -0.1) is 22.1 Å². The van der Waals surface area contributed by atoms with Gasteiger partial charge in [0.1, 0.15) is 0 Å². The second-order valence-corrected chi connectivity index (χ2v) is 11.7. The molecule has 0 radical (unpaired) electrons. The van der Waals surface area contributed by atoms with Crippen LogP contribution in [0.4, 0.5) is 43.9 Å². The second kappa shape index (κ2) is 12.0. The summed E-state index contributed by atoms with van der Waals surface area (Å²) in [6.45, 7) is 3.73. The number of hydrogen-bond acceptors (Lipinski definition) is 2. The molecule has 4 nitrogen and oxygen atoms in total. The Morgan fingerprint density at radius 1 is 0.510 bits per heavy atom. The molecule has 0 spiro atoms. The minimum Gasteiger partial charge on any atom is -0.657 e. The Kier molecular flexibility index (Phi) is 8.33. The molecular weight excluding hydrogens is 720 g/mol. The summed E-state index contributed by atoms with van der Waals surface area (Å²) in [5, 5.41) is 0. The molecule has 0 N–H and O–H groups in total. The molecule has 3 aromatic heterocycles. The molecule has 5 heterocycles. The SMILES string of the molecule is CC1(C)Cc2cc3ccc([n-]3)c(-c3c(F)c(F)c(F)c(F)c3F)c3nc(c(-c4c(F)c(F)c(F)c(F)c4F)c4ccc(cc1n2)[n-]4)C=C3.[Zn+2]. The van der Waals surface area contributed by atoms with Crippen molar-refractivity contribution in [2.24, 2.45) is 0 Å². The summed E-state index contributed by atoms with van der Waals surface area (Å²) in [6.07, 6.45) is 2.38. The monoisotopic (exact) mass is 734 g/mol. The molecule has 2 aliphatic rings. The summed E-state index contributed by atoms with van der Waals surface area (Å²) in [5.74, 6) is -22.8. The number of hydrogen-bond donors (Lipinski definition) is 0. The fourth-order valence-electron chi connectivity index (χ4n) is 5.77. The van der Waals surface area contributed by atoms with Crippen molar-refractivity contribution in [1.82, 2.24) is 19.9 Å². The fourth-order valence-corrected chi connectivity index (χ4v) is 5.77. The number of benzene rings is 2. The van der Waals surface area contributed by atoms with Gasteiger partial charge in [-0.25, -0.2) is 48.9 Å². The number of fused-ring (bicyclic) bond motifs is 8. The van der Waals surface area contributed by atoms with E-state index in [-0.39, 0.29) is 41.5 Å². The predicted molar refractivity (Wildman–Crippen MR) is 155 cm³/mol. The molecule has 0 aliphatic carbocycles. The first kappa shape index (κ1) is 34.1. The Bertz CT molecular complexity index is 2370. The maximum atomic E-state index is 15.3. The molecule has 0 amide bonds. The van der Waals surface area contributed by atoms with E-state index < -0.39 is 97.2 Å². The summed E-state index contributed by atoms with van der Waals surface area (Å²) in [4.78, 5) is 17.5. The normalized spacial score (nSPS) is 13.6. The van der Waals surface area contributed by atoms with Gasteiger partial charge in [0.15, 0.2) is 46.5 Å². The van der Waals surface area contributed by atoms with Gasteiger partial charge in [0.2, 0.25) is 11.6 Å².